The first-order valence-electron chi connectivity index (χ1n) is 5.75. The fourth-order valence-corrected chi connectivity index (χ4v) is 1.87. The molecule has 0 saturated carbocycles. The Morgan fingerprint density at radius 1 is 1.53 bits per heavy atom. The molecule has 1 heterocycles. The maximum atomic E-state index is 12.4. The highest BCUT2D eigenvalue weighted by Gasteiger charge is 2.21. The highest BCUT2D eigenvalue weighted by molar-refractivity contribution is 5.96. The molecule has 1 aromatic heterocycles. The van der Waals surface area contributed by atoms with Crippen molar-refractivity contribution < 1.29 is 4.79 Å². The van der Waals surface area contributed by atoms with Gasteiger partial charge in [0.15, 0.2) is 0 Å². The second kappa shape index (κ2) is 5.53. The predicted octanol–water partition coefficient (Wildman–Crippen LogP) is 1.52. The lowest BCUT2D eigenvalue weighted by molar-refractivity contribution is 0.0775. The van der Waals surface area contributed by atoms with Crippen LogP contribution in [0.4, 0.5) is 0 Å². The van der Waals surface area contributed by atoms with Crippen LogP contribution in [-0.4, -0.2) is 33.7 Å². The summed E-state index contributed by atoms with van der Waals surface area (Å²) in [6, 6.07) is 0. The molecule has 0 aliphatic carbocycles. The van der Waals surface area contributed by atoms with Gasteiger partial charge in [-0.15, -0.1) is 6.42 Å². The van der Waals surface area contributed by atoms with Gasteiger partial charge in [0.1, 0.15) is 0 Å². The van der Waals surface area contributed by atoms with Crippen LogP contribution in [-0.2, 0) is 7.05 Å². The van der Waals surface area contributed by atoms with E-state index >= 15 is 0 Å². The minimum Gasteiger partial charge on any atom is -0.327 e. The highest BCUT2D eigenvalue weighted by atomic mass is 16.2. The fraction of sp³-hybridized carbons (Fsp3) is 0.538. The van der Waals surface area contributed by atoms with Gasteiger partial charge in [-0.2, -0.15) is 5.10 Å². The Labute approximate surface area is 103 Å². The number of carbonyl (C=O) groups is 1. The van der Waals surface area contributed by atoms with E-state index in [0.717, 1.165) is 17.8 Å². The third-order valence-corrected chi connectivity index (χ3v) is 2.79. The van der Waals surface area contributed by atoms with E-state index < -0.39 is 0 Å². The van der Waals surface area contributed by atoms with Crippen LogP contribution in [0.25, 0.3) is 0 Å². The number of amides is 1. The first-order chi connectivity index (χ1) is 8.02. The van der Waals surface area contributed by atoms with Crippen LogP contribution in [0, 0.1) is 26.2 Å². The van der Waals surface area contributed by atoms with Crippen molar-refractivity contribution >= 4 is 5.91 Å². The molecule has 0 bridgehead atoms. The molecule has 17 heavy (non-hydrogen) atoms. The number of hydrogen-bond acceptors (Lipinski definition) is 2. The van der Waals surface area contributed by atoms with E-state index in [1.54, 1.807) is 9.58 Å². The Balaban J connectivity index is 3.05. The molecular formula is C13H19N3O. The maximum absolute atomic E-state index is 12.4. The highest BCUT2D eigenvalue weighted by Crippen LogP contribution is 2.14. The molecule has 0 aliphatic heterocycles. The molecule has 92 valence electrons. The normalized spacial score (nSPS) is 10.1. The lowest BCUT2D eigenvalue weighted by Crippen LogP contribution is -2.32. The van der Waals surface area contributed by atoms with Crippen molar-refractivity contribution in [3.8, 4) is 12.3 Å². The first-order valence-corrected chi connectivity index (χ1v) is 5.75. The number of terminal acetylenes is 1. The van der Waals surface area contributed by atoms with Crippen molar-refractivity contribution in [3.63, 3.8) is 0 Å². The quantitative estimate of drug-likeness (QED) is 0.740. The van der Waals surface area contributed by atoms with E-state index in [4.69, 9.17) is 6.42 Å². The van der Waals surface area contributed by atoms with Gasteiger partial charge in [0.2, 0.25) is 0 Å². The summed E-state index contributed by atoms with van der Waals surface area (Å²) in [5.41, 5.74) is 2.31. The molecular weight excluding hydrogens is 214 g/mol. The van der Waals surface area contributed by atoms with Crippen LogP contribution >= 0.6 is 0 Å². The van der Waals surface area contributed by atoms with Gasteiger partial charge in [-0.05, 0) is 20.3 Å². The van der Waals surface area contributed by atoms with E-state index in [0.29, 0.717) is 18.7 Å². The van der Waals surface area contributed by atoms with E-state index in [1.807, 2.05) is 27.8 Å². The van der Waals surface area contributed by atoms with Crippen molar-refractivity contribution in [2.75, 3.05) is 13.1 Å². The molecule has 0 saturated heterocycles. The van der Waals surface area contributed by atoms with Crippen molar-refractivity contribution in [2.45, 2.75) is 27.2 Å². The largest absolute Gasteiger partial charge is 0.327 e. The molecule has 0 aromatic carbocycles. The van der Waals surface area contributed by atoms with Crippen LogP contribution in [0.5, 0.6) is 0 Å². The molecule has 4 nitrogen and oxygen atoms in total. The lowest BCUT2D eigenvalue weighted by Gasteiger charge is -2.19. The molecule has 0 spiro atoms. The summed E-state index contributed by atoms with van der Waals surface area (Å²) in [5, 5.41) is 4.25. The van der Waals surface area contributed by atoms with Gasteiger partial charge in [0, 0.05) is 19.3 Å². The smallest absolute Gasteiger partial charge is 0.258 e. The minimum atomic E-state index is -0.0205. The summed E-state index contributed by atoms with van der Waals surface area (Å²) in [4.78, 5) is 14.0. The summed E-state index contributed by atoms with van der Waals surface area (Å²) in [6.07, 6.45) is 6.19. The SMILES string of the molecule is C#CCN(CCC)C(=O)c1c(C)nn(C)c1C. The molecule has 1 amide bonds. The Kier molecular flexibility index (Phi) is 4.33. The Bertz CT molecular complexity index is 454. The Morgan fingerprint density at radius 3 is 2.59 bits per heavy atom. The van der Waals surface area contributed by atoms with Crippen molar-refractivity contribution in [1.29, 1.82) is 0 Å². The summed E-state index contributed by atoms with van der Waals surface area (Å²) in [7, 11) is 1.84. The molecule has 1 rings (SSSR count). The minimum absolute atomic E-state index is 0.0205. The maximum Gasteiger partial charge on any atom is 0.258 e. The Morgan fingerprint density at radius 2 is 2.18 bits per heavy atom. The van der Waals surface area contributed by atoms with Gasteiger partial charge in [0.05, 0.1) is 17.8 Å². The monoisotopic (exact) mass is 233 g/mol. The molecule has 0 fully saturated rings. The number of rotatable bonds is 4. The fourth-order valence-electron chi connectivity index (χ4n) is 1.87. The Hall–Kier alpha value is -1.76. The number of aryl methyl sites for hydroxylation is 2. The molecule has 1 aromatic rings. The van der Waals surface area contributed by atoms with Crippen LogP contribution in [0.15, 0.2) is 0 Å². The third-order valence-electron chi connectivity index (χ3n) is 2.79. The van der Waals surface area contributed by atoms with Gasteiger partial charge in [0.25, 0.3) is 5.91 Å². The zero-order valence-corrected chi connectivity index (χ0v) is 10.9. The average molecular weight is 233 g/mol. The van der Waals surface area contributed by atoms with Gasteiger partial charge >= 0.3 is 0 Å². The zero-order chi connectivity index (χ0) is 13.0. The van der Waals surface area contributed by atoms with Crippen molar-refractivity contribution in [2.24, 2.45) is 7.05 Å². The molecule has 4 heteroatoms. The number of hydrogen-bond donors (Lipinski definition) is 0. The molecule has 0 N–H and O–H groups in total. The van der Waals surface area contributed by atoms with Crippen molar-refractivity contribution in [3.05, 3.63) is 17.0 Å². The zero-order valence-electron chi connectivity index (χ0n) is 10.9. The molecule has 0 radical (unpaired) electrons. The van der Waals surface area contributed by atoms with Gasteiger partial charge in [-0.25, -0.2) is 0 Å². The second-order valence-electron chi connectivity index (χ2n) is 4.10. The molecule has 0 aliphatic rings. The predicted molar refractivity (Wildman–Crippen MR) is 67.7 cm³/mol. The van der Waals surface area contributed by atoms with Crippen molar-refractivity contribution in [1.82, 2.24) is 14.7 Å². The van der Waals surface area contributed by atoms with Gasteiger partial charge < -0.3 is 4.90 Å². The van der Waals surface area contributed by atoms with Crippen LogP contribution < -0.4 is 0 Å². The van der Waals surface area contributed by atoms with Crippen LogP contribution in [0.1, 0.15) is 35.1 Å². The molecule has 0 atom stereocenters. The lowest BCUT2D eigenvalue weighted by atomic mass is 10.1. The average Bonchev–Trinajstić information content (AvgIpc) is 2.52. The van der Waals surface area contributed by atoms with E-state index in [-0.39, 0.29) is 5.91 Å². The van der Waals surface area contributed by atoms with Gasteiger partial charge in [-0.1, -0.05) is 12.8 Å². The standard InChI is InChI=1S/C13H19N3O/c1-6-8-16(9-7-2)13(17)12-10(3)14-15(5)11(12)4/h1H,7-9H2,2-5H3. The number of aromatic nitrogens is 2. The van der Waals surface area contributed by atoms with Gasteiger partial charge in [-0.3, -0.25) is 9.48 Å². The van der Waals surface area contributed by atoms with E-state index in [1.165, 1.54) is 0 Å². The summed E-state index contributed by atoms with van der Waals surface area (Å²) < 4.78 is 1.72. The summed E-state index contributed by atoms with van der Waals surface area (Å²) in [5.74, 6) is 2.51. The second-order valence-corrected chi connectivity index (χ2v) is 4.10. The van der Waals surface area contributed by atoms with Crippen LogP contribution in [0.3, 0.4) is 0 Å². The molecule has 0 unspecified atom stereocenters. The summed E-state index contributed by atoms with van der Waals surface area (Å²) >= 11 is 0. The van der Waals surface area contributed by atoms with E-state index in [9.17, 15) is 4.79 Å². The third kappa shape index (κ3) is 2.68. The topological polar surface area (TPSA) is 38.1 Å². The number of nitrogens with zero attached hydrogens (tertiary/aromatic N) is 3. The first kappa shape index (κ1) is 13.3. The van der Waals surface area contributed by atoms with Crippen LogP contribution in [0.2, 0.25) is 0 Å². The number of carbonyl (C=O) groups excluding carboxylic acids is 1. The van der Waals surface area contributed by atoms with E-state index in [2.05, 4.69) is 11.0 Å². The summed E-state index contributed by atoms with van der Waals surface area (Å²) in [6.45, 7) is 6.80.